The van der Waals surface area contributed by atoms with Crippen molar-refractivity contribution in [3.05, 3.63) is 90.4 Å². The number of anilines is 1. The molecule has 0 radical (unpaired) electrons. The maximum absolute atomic E-state index is 13.8. The normalized spacial score (nSPS) is 13.3. The summed E-state index contributed by atoms with van der Waals surface area (Å²) < 4.78 is 39.7. The Kier molecular flexibility index (Phi) is 8.28. The summed E-state index contributed by atoms with van der Waals surface area (Å²) in [6.45, 7) is 12.8. The summed E-state index contributed by atoms with van der Waals surface area (Å²) in [7, 11) is 0. The Morgan fingerprint density at radius 1 is 1.02 bits per heavy atom. The molecule has 2 heterocycles. The van der Waals surface area contributed by atoms with Gasteiger partial charge in [-0.05, 0) is 86.6 Å². The van der Waals surface area contributed by atoms with Crippen LogP contribution in [0.3, 0.4) is 0 Å². The van der Waals surface area contributed by atoms with Gasteiger partial charge in [-0.1, -0.05) is 19.1 Å². The van der Waals surface area contributed by atoms with Gasteiger partial charge in [0.2, 0.25) is 5.95 Å². The molecule has 0 atom stereocenters. The minimum Gasteiger partial charge on any atom is -0.408 e. The highest BCUT2D eigenvalue weighted by molar-refractivity contribution is 5.98. The summed E-state index contributed by atoms with van der Waals surface area (Å²) in [4.78, 5) is 39.2. The van der Waals surface area contributed by atoms with Crippen LogP contribution in [0, 0.1) is 27.7 Å². The number of aromatic nitrogens is 2. The first-order valence-corrected chi connectivity index (χ1v) is 13.5. The van der Waals surface area contributed by atoms with Crippen molar-refractivity contribution in [2.75, 3.05) is 18.5 Å². The molecule has 0 aliphatic carbocycles. The molecule has 0 spiro atoms. The monoisotopic (exact) mass is 556 g/mol. The summed E-state index contributed by atoms with van der Waals surface area (Å²) >= 11 is 0. The molecule has 1 N–H and O–H groups in total. The topological polar surface area (TPSA) is 76.5 Å². The number of rotatable bonds is 7. The van der Waals surface area contributed by atoms with Gasteiger partial charge < -0.3 is 15.1 Å². The highest BCUT2D eigenvalue weighted by Crippen LogP contribution is 2.30. The molecule has 1 aliphatic heterocycles. The van der Waals surface area contributed by atoms with Gasteiger partial charge in [-0.3, -0.25) is 9.59 Å². The Bertz CT molecular complexity index is 1490. The largest absolute Gasteiger partial charge is 0.416 e. The van der Waals surface area contributed by atoms with Crippen molar-refractivity contribution in [3.63, 3.8) is 0 Å². The van der Waals surface area contributed by atoms with E-state index in [4.69, 9.17) is 4.84 Å². The molecule has 1 amide bonds. The second-order valence-corrected chi connectivity index (χ2v) is 10.1. The second kappa shape index (κ2) is 11.3. The fourth-order valence-electron chi connectivity index (χ4n) is 5.40. The van der Waals surface area contributed by atoms with Gasteiger partial charge in [-0.25, -0.2) is 4.98 Å². The molecule has 1 aromatic heterocycles. The minimum absolute atomic E-state index is 0.106. The zero-order chi connectivity index (χ0) is 29.4. The van der Waals surface area contributed by atoms with E-state index in [-0.39, 0.29) is 31.6 Å². The summed E-state index contributed by atoms with van der Waals surface area (Å²) in [5.74, 6) is 0.0593. The Hall–Kier alpha value is -3.82. The maximum atomic E-state index is 13.8. The summed E-state index contributed by atoms with van der Waals surface area (Å²) in [5, 5.41) is 3.03. The Morgan fingerprint density at radius 2 is 1.70 bits per heavy atom. The van der Waals surface area contributed by atoms with Crippen LogP contribution in [0.15, 0.2) is 29.1 Å². The lowest BCUT2D eigenvalue weighted by atomic mass is 9.87. The van der Waals surface area contributed by atoms with Gasteiger partial charge in [-0.2, -0.15) is 13.2 Å². The molecule has 7 nitrogen and oxygen atoms in total. The first-order valence-electron chi connectivity index (χ1n) is 13.5. The molecule has 0 fully saturated rings. The van der Waals surface area contributed by atoms with Crippen LogP contribution in [0.4, 0.5) is 19.1 Å². The van der Waals surface area contributed by atoms with Crippen LogP contribution in [0.25, 0.3) is 0 Å². The molecule has 0 saturated carbocycles. The van der Waals surface area contributed by atoms with Gasteiger partial charge in [0.05, 0.1) is 23.4 Å². The van der Waals surface area contributed by atoms with Crippen LogP contribution >= 0.6 is 0 Å². The maximum Gasteiger partial charge on any atom is 0.416 e. The average molecular weight is 557 g/mol. The molecule has 0 unspecified atom stereocenters. The van der Waals surface area contributed by atoms with Crippen LogP contribution in [0.5, 0.6) is 0 Å². The summed E-state index contributed by atoms with van der Waals surface area (Å²) in [6.07, 6.45) is -3.19. The van der Waals surface area contributed by atoms with E-state index >= 15 is 0 Å². The number of alkyl halides is 3. The van der Waals surface area contributed by atoms with E-state index in [1.807, 2.05) is 20.8 Å². The number of amides is 1. The molecule has 2 aromatic carbocycles. The molecule has 3 aromatic rings. The van der Waals surface area contributed by atoms with Crippen molar-refractivity contribution in [1.82, 2.24) is 14.6 Å². The Balaban J connectivity index is 1.62. The van der Waals surface area contributed by atoms with E-state index in [9.17, 15) is 22.8 Å². The van der Waals surface area contributed by atoms with Crippen LogP contribution in [0.1, 0.15) is 74.4 Å². The number of fused-ring (bicyclic) bond motifs is 1. The molecular weight excluding hydrogens is 521 g/mol. The van der Waals surface area contributed by atoms with Crippen LogP contribution in [-0.2, 0) is 32.1 Å². The van der Waals surface area contributed by atoms with Crippen LogP contribution < -0.4 is 15.7 Å². The van der Waals surface area contributed by atoms with Crippen LogP contribution in [-0.4, -0.2) is 33.7 Å². The third kappa shape index (κ3) is 5.44. The van der Waals surface area contributed by atoms with Gasteiger partial charge in [0.1, 0.15) is 6.61 Å². The van der Waals surface area contributed by atoms with Crippen LogP contribution in [0.2, 0.25) is 0 Å². The fourth-order valence-corrected chi connectivity index (χ4v) is 5.40. The van der Waals surface area contributed by atoms with E-state index in [1.54, 1.807) is 11.8 Å². The molecule has 10 heteroatoms. The van der Waals surface area contributed by atoms with Gasteiger partial charge in [-0.15, -0.1) is 4.73 Å². The van der Waals surface area contributed by atoms with Crippen molar-refractivity contribution in [1.29, 1.82) is 0 Å². The fraction of sp³-hybridized carbons (Fsp3) is 0.433. The first-order chi connectivity index (χ1) is 18.9. The van der Waals surface area contributed by atoms with Crippen molar-refractivity contribution >= 4 is 11.9 Å². The average Bonchev–Trinajstić information content (AvgIpc) is 2.92. The number of nitrogens with one attached hydrogen (secondary N) is 1. The number of halogens is 3. The number of nitrogens with zero attached hydrogens (tertiary/aromatic N) is 3. The predicted octanol–water partition coefficient (Wildman–Crippen LogP) is 5.32. The van der Waals surface area contributed by atoms with Crippen molar-refractivity contribution in [2.24, 2.45) is 0 Å². The Morgan fingerprint density at radius 3 is 2.30 bits per heavy atom. The molecular formula is C30H35F3N4O3. The highest BCUT2D eigenvalue weighted by atomic mass is 19.4. The zero-order valence-electron chi connectivity index (χ0n) is 23.8. The van der Waals surface area contributed by atoms with Crippen molar-refractivity contribution < 1.29 is 22.8 Å². The zero-order valence-corrected chi connectivity index (χ0v) is 23.8. The lowest BCUT2D eigenvalue weighted by Gasteiger charge is -2.30. The van der Waals surface area contributed by atoms with Gasteiger partial charge in [0.25, 0.3) is 11.5 Å². The lowest BCUT2D eigenvalue weighted by Crippen LogP contribution is -2.43. The lowest BCUT2D eigenvalue weighted by molar-refractivity contribution is -0.137. The molecule has 214 valence electrons. The van der Waals surface area contributed by atoms with E-state index in [2.05, 4.69) is 24.1 Å². The van der Waals surface area contributed by atoms with Gasteiger partial charge in [0.15, 0.2) is 0 Å². The molecule has 0 saturated heterocycles. The third-order valence-corrected chi connectivity index (χ3v) is 7.82. The van der Waals surface area contributed by atoms with Crippen molar-refractivity contribution in [3.8, 4) is 0 Å². The molecule has 4 rings (SSSR count). The smallest absolute Gasteiger partial charge is 0.408 e. The second-order valence-electron chi connectivity index (χ2n) is 10.1. The SMILES string of the molecule is CCOn1c(NCc2ccc(C(F)(F)F)cc2)nc2c(c1=O)CN(C(=O)c1c(C)c(C)c(C)c(CC)c1C)CC2. The number of benzene rings is 2. The minimum atomic E-state index is -4.41. The molecule has 1 aliphatic rings. The van der Waals surface area contributed by atoms with E-state index < -0.39 is 17.3 Å². The standard InChI is InChI=1S/C30H35F3N4O3/c1-7-23-18(4)17(3)19(5)26(20(23)6)28(39)36-14-13-25-24(16-36)27(38)37(40-8-2)29(35-25)34-15-21-9-11-22(12-10-21)30(31,32)33/h9-12H,7-8,13-16H2,1-6H3,(H,34,35). The Labute approximate surface area is 231 Å². The van der Waals surface area contributed by atoms with E-state index in [1.165, 1.54) is 23.3 Å². The van der Waals surface area contributed by atoms with E-state index in [0.717, 1.165) is 40.0 Å². The van der Waals surface area contributed by atoms with E-state index in [0.29, 0.717) is 35.3 Å². The van der Waals surface area contributed by atoms with Crippen molar-refractivity contribution in [2.45, 2.75) is 73.6 Å². The quantitative estimate of drug-likeness (QED) is 0.427. The summed E-state index contributed by atoms with van der Waals surface area (Å²) in [5.41, 5.74) is 6.51. The number of hydrogen-bond acceptors (Lipinski definition) is 5. The number of carbonyl (C=O) groups excluding carboxylic acids is 1. The van der Waals surface area contributed by atoms with Gasteiger partial charge >= 0.3 is 6.18 Å². The van der Waals surface area contributed by atoms with Gasteiger partial charge in [0, 0.05) is 25.1 Å². The third-order valence-electron chi connectivity index (χ3n) is 7.82. The summed E-state index contributed by atoms with van der Waals surface area (Å²) in [6, 6.07) is 4.78. The molecule has 40 heavy (non-hydrogen) atoms. The number of carbonyl (C=O) groups is 1. The predicted molar refractivity (Wildman–Crippen MR) is 148 cm³/mol. The molecule has 0 bridgehead atoms. The number of hydrogen-bond donors (Lipinski definition) is 1. The highest BCUT2D eigenvalue weighted by Gasteiger charge is 2.31. The first kappa shape index (κ1) is 29.2.